The van der Waals surface area contributed by atoms with Crippen LogP contribution in [0.3, 0.4) is 0 Å². The van der Waals surface area contributed by atoms with Crippen molar-refractivity contribution < 1.29 is 4.79 Å². The maximum absolute atomic E-state index is 12.0. The maximum atomic E-state index is 12.0. The molecule has 0 radical (unpaired) electrons. The second kappa shape index (κ2) is 11.5. The normalized spacial score (nSPS) is 12.0. The van der Waals surface area contributed by atoms with Gasteiger partial charge in [0.15, 0.2) is 5.96 Å². The molecule has 1 heterocycles. The van der Waals surface area contributed by atoms with Crippen LogP contribution in [0.25, 0.3) is 0 Å². The fourth-order valence-corrected chi connectivity index (χ4v) is 2.75. The number of aryl methyl sites for hydroxylation is 1. The molecule has 1 amide bonds. The van der Waals surface area contributed by atoms with Gasteiger partial charge in [0, 0.05) is 50.9 Å². The minimum atomic E-state index is -0.0724. The summed E-state index contributed by atoms with van der Waals surface area (Å²) < 4.78 is 0. The molecule has 7 nitrogen and oxygen atoms in total. The van der Waals surface area contributed by atoms with Gasteiger partial charge in [0.1, 0.15) is 5.82 Å². The highest BCUT2D eigenvalue weighted by Gasteiger charge is 2.12. The van der Waals surface area contributed by atoms with Gasteiger partial charge in [-0.1, -0.05) is 6.07 Å². The fourth-order valence-electron chi connectivity index (χ4n) is 2.75. The first-order valence-corrected chi connectivity index (χ1v) is 9.27. The summed E-state index contributed by atoms with van der Waals surface area (Å²) >= 11 is 0. The number of anilines is 1. The lowest BCUT2D eigenvalue weighted by Crippen LogP contribution is -2.45. The van der Waals surface area contributed by atoms with E-state index in [4.69, 9.17) is 0 Å². The van der Waals surface area contributed by atoms with E-state index in [0.29, 0.717) is 36.8 Å². The molecule has 0 bridgehead atoms. The largest absolute Gasteiger partial charge is 0.356 e. The first-order valence-electron chi connectivity index (χ1n) is 9.27. The number of pyridine rings is 1. The van der Waals surface area contributed by atoms with Crippen LogP contribution in [0.5, 0.6) is 0 Å². The number of hydrogen-bond acceptors (Lipinski definition) is 4. The van der Waals surface area contributed by atoms with E-state index in [1.54, 1.807) is 13.1 Å². The van der Waals surface area contributed by atoms with Crippen LogP contribution >= 0.6 is 0 Å². The smallest absolute Gasteiger partial charge is 0.227 e. The molecule has 1 aromatic heterocycles. The van der Waals surface area contributed by atoms with Crippen molar-refractivity contribution in [1.29, 1.82) is 0 Å². The van der Waals surface area contributed by atoms with Crippen LogP contribution in [-0.4, -0.2) is 60.5 Å². The third-order valence-corrected chi connectivity index (χ3v) is 4.01. The van der Waals surface area contributed by atoms with Gasteiger partial charge in [0.05, 0.1) is 0 Å². The lowest BCUT2D eigenvalue weighted by atomic mass is 10.2. The zero-order chi connectivity index (χ0) is 19.5. The van der Waals surface area contributed by atoms with Crippen molar-refractivity contribution in [3.05, 3.63) is 23.9 Å². The van der Waals surface area contributed by atoms with Gasteiger partial charge in [-0.25, -0.2) is 4.98 Å². The predicted octanol–water partition coefficient (Wildman–Crippen LogP) is 2.00. The Balaban J connectivity index is 2.30. The highest BCUT2D eigenvalue weighted by molar-refractivity contribution is 5.90. The Labute approximate surface area is 157 Å². The molecule has 0 saturated heterocycles. The summed E-state index contributed by atoms with van der Waals surface area (Å²) in [5, 5.41) is 9.26. The number of rotatable bonds is 9. The number of nitrogens with zero attached hydrogens (tertiary/aromatic N) is 3. The van der Waals surface area contributed by atoms with Crippen molar-refractivity contribution in [3.63, 3.8) is 0 Å². The number of amides is 1. The number of guanidine groups is 1. The summed E-state index contributed by atoms with van der Waals surface area (Å²) in [6.07, 6.45) is 0.348. The molecule has 0 aromatic carbocycles. The third kappa shape index (κ3) is 8.29. The standard InChI is InChI=1S/C19H34N6O/c1-14(2)25(15(3)4)13-12-22-19(20-6)21-11-10-18(26)24-17-9-7-8-16(5)23-17/h7-9,14-15H,10-13H2,1-6H3,(H2,20,21,22)(H,23,24,26). The molecule has 0 aliphatic carbocycles. The van der Waals surface area contributed by atoms with Crippen LogP contribution in [0.1, 0.15) is 39.8 Å². The van der Waals surface area contributed by atoms with E-state index in [2.05, 4.69) is 58.5 Å². The minimum absolute atomic E-state index is 0.0724. The van der Waals surface area contributed by atoms with Gasteiger partial charge in [-0.15, -0.1) is 0 Å². The van der Waals surface area contributed by atoms with Gasteiger partial charge in [-0.2, -0.15) is 0 Å². The summed E-state index contributed by atoms with van der Waals surface area (Å²) in [7, 11) is 1.73. The number of carbonyl (C=O) groups excluding carboxylic acids is 1. The molecule has 0 unspecified atom stereocenters. The fraction of sp³-hybridized carbons (Fsp3) is 0.632. The van der Waals surface area contributed by atoms with Crippen LogP contribution in [0, 0.1) is 6.92 Å². The first kappa shape index (κ1) is 21.9. The van der Waals surface area contributed by atoms with Gasteiger partial charge in [0.2, 0.25) is 5.91 Å². The van der Waals surface area contributed by atoms with Gasteiger partial charge in [-0.05, 0) is 46.8 Å². The number of nitrogens with one attached hydrogen (secondary N) is 3. The number of aromatic nitrogens is 1. The Morgan fingerprint density at radius 1 is 1.15 bits per heavy atom. The van der Waals surface area contributed by atoms with Crippen molar-refractivity contribution in [2.45, 2.75) is 53.1 Å². The molecule has 1 aromatic rings. The lowest BCUT2D eigenvalue weighted by Gasteiger charge is -2.30. The van der Waals surface area contributed by atoms with Crippen molar-refractivity contribution in [2.24, 2.45) is 4.99 Å². The average molecular weight is 363 g/mol. The molecule has 0 fully saturated rings. The van der Waals surface area contributed by atoms with E-state index in [1.807, 2.05) is 19.1 Å². The molecule has 0 atom stereocenters. The molecular formula is C19H34N6O. The van der Waals surface area contributed by atoms with Crippen LogP contribution < -0.4 is 16.0 Å². The Morgan fingerprint density at radius 2 is 1.81 bits per heavy atom. The van der Waals surface area contributed by atoms with E-state index < -0.39 is 0 Å². The highest BCUT2D eigenvalue weighted by Crippen LogP contribution is 2.04. The molecule has 26 heavy (non-hydrogen) atoms. The molecule has 0 aliphatic heterocycles. The minimum Gasteiger partial charge on any atom is -0.356 e. The van der Waals surface area contributed by atoms with Gasteiger partial charge in [-0.3, -0.25) is 14.7 Å². The van der Waals surface area contributed by atoms with E-state index in [-0.39, 0.29) is 5.91 Å². The van der Waals surface area contributed by atoms with Gasteiger partial charge in [0.25, 0.3) is 0 Å². The second-order valence-electron chi connectivity index (χ2n) is 6.81. The predicted molar refractivity (Wildman–Crippen MR) is 109 cm³/mol. The lowest BCUT2D eigenvalue weighted by molar-refractivity contribution is -0.116. The summed E-state index contributed by atoms with van der Waals surface area (Å²) in [4.78, 5) is 22.9. The quantitative estimate of drug-likeness (QED) is 0.462. The van der Waals surface area contributed by atoms with Crippen molar-refractivity contribution in [2.75, 3.05) is 32.0 Å². The molecule has 7 heteroatoms. The average Bonchev–Trinajstić information content (AvgIpc) is 2.56. The van der Waals surface area contributed by atoms with Crippen LogP contribution in [0.15, 0.2) is 23.2 Å². The Hall–Kier alpha value is -2.15. The van der Waals surface area contributed by atoms with E-state index in [0.717, 1.165) is 18.8 Å². The molecule has 0 aliphatic rings. The van der Waals surface area contributed by atoms with Gasteiger partial charge < -0.3 is 16.0 Å². The number of carbonyl (C=O) groups is 1. The number of aliphatic imine (C=N–C) groups is 1. The highest BCUT2D eigenvalue weighted by atomic mass is 16.1. The van der Waals surface area contributed by atoms with E-state index >= 15 is 0 Å². The summed E-state index contributed by atoms with van der Waals surface area (Å²) in [5.74, 6) is 1.22. The monoisotopic (exact) mass is 362 g/mol. The summed E-state index contributed by atoms with van der Waals surface area (Å²) in [6, 6.07) is 6.57. The number of hydrogen-bond donors (Lipinski definition) is 3. The van der Waals surface area contributed by atoms with Crippen LogP contribution in [0.4, 0.5) is 5.82 Å². The Kier molecular flexibility index (Phi) is 9.65. The second-order valence-corrected chi connectivity index (χ2v) is 6.81. The molecule has 1 rings (SSSR count). The molecule has 0 spiro atoms. The summed E-state index contributed by atoms with van der Waals surface area (Å²) in [5.41, 5.74) is 0.877. The first-order chi connectivity index (χ1) is 12.3. The van der Waals surface area contributed by atoms with Crippen molar-refractivity contribution >= 4 is 17.7 Å². The van der Waals surface area contributed by atoms with E-state index in [9.17, 15) is 4.79 Å². The SMILES string of the molecule is CN=C(NCCC(=O)Nc1cccc(C)n1)NCCN(C(C)C)C(C)C. The van der Waals surface area contributed by atoms with Gasteiger partial charge >= 0.3 is 0 Å². The van der Waals surface area contributed by atoms with Crippen molar-refractivity contribution in [3.8, 4) is 0 Å². The molecular weight excluding hydrogens is 328 g/mol. The zero-order valence-corrected chi connectivity index (χ0v) is 17.0. The molecule has 146 valence electrons. The molecule has 0 saturated carbocycles. The molecule has 3 N–H and O–H groups in total. The summed E-state index contributed by atoms with van der Waals surface area (Å²) in [6.45, 7) is 13.0. The zero-order valence-electron chi connectivity index (χ0n) is 17.0. The van der Waals surface area contributed by atoms with E-state index in [1.165, 1.54) is 0 Å². The Morgan fingerprint density at radius 3 is 2.38 bits per heavy atom. The van der Waals surface area contributed by atoms with Crippen molar-refractivity contribution in [1.82, 2.24) is 20.5 Å². The topological polar surface area (TPSA) is 81.6 Å². The third-order valence-electron chi connectivity index (χ3n) is 4.01. The van der Waals surface area contributed by atoms with Crippen LogP contribution in [-0.2, 0) is 4.79 Å². The van der Waals surface area contributed by atoms with Crippen LogP contribution in [0.2, 0.25) is 0 Å². The Bertz CT molecular complexity index is 577. The maximum Gasteiger partial charge on any atom is 0.227 e.